The Balaban J connectivity index is 2.22. The van der Waals surface area contributed by atoms with Gasteiger partial charge in [-0.25, -0.2) is 4.98 Å². The maximum Gasteiger partial charge on any atom is 0.195 e. The van der Waals surface area contributed by atoms with E-state index in [2.05, 4.69) is 4.98 Å². The zero-order chi connectivity index (χ0) is 10.2. The third kappa shape index (κ3) is 3.87. The summed E-state index contributed by atoms with van der Waals surface area (Å²) in [7, 11) is 1.64. The molecule has 0 atom stereocenters. The van der Waals surface area contributed by atoms with Crippen LogP contribution < -0.4 is 5.73 Å². The average Bonchev–Trinajstić information content (AvgIpc) is 2.61. The lowest BCUT2D eigenvalue weighted by Crippen LogP contribution is -2.02. The van der Waals surface area contributed by atoms with Crippen molar-refractivity contribution in [2.45, 2.75) is 13.0 Å². The molecule has 1 aromatic heterocycles. The lowest BCUT2D eigenvalue weighted by Gasteiger charge is -1.99. The van der Waals surface area contributed by atoms with Crippen molar-refractivity contribution < 1.29 is 13.9 Å². The van der Waals surface area contributed by atoms with Crippen molar-refractivity contribution in [3.05, 3.63) is 17.8 Å². The lowest BCUT2D eigenvalue weighted by molar-refractivity contribution is 0.0534. The van der Waals surface area contributed by atoms with Gasteiger partial charge in [0.2, 0.25) is 0 Å². The molecule has 0 radical (unpaired) electrons. The molecule has 0 aliphatic heterocycles. The van der Waals surface area contributed by atoms with Crippen molar-refractivity contribution in [1.82, 2.24) is 4.98 Å². The maximum absolute atomic E-state index is 5.36. The van der Waals surface area contributed by atoms with Crippen LogP contribution in [0, 0.1) is 0 Å². The van der Waals surface area contributed by atoms with Gasteiger partial charge in [0.15, 0.2) is 5.89 Å². The number of nitrogens with zero attached hydrogens (tertiary/aromatic N) is 1. The molecule has 0 saturated carbocycles. The van der Waals surface area contributed by atoms with Gasteiger partial charge in [-0.1, -0.05) is 0 Å². The Bertz CT molecular complexity index is 250. The van der Waals surface area contributed by atoms with Gasteiger partial charge in [-0.05, 0) is 0 Å². The summed E-state index contributed by atoms with van der Waals surface area (Å²) in [4.78, 5) is 4.05. The number of ether oxygens (including phenoxy) is 2. The first-order valence-corrected chi connectivity index (χ1v) is 4.57. The molecule has 1 rings (SSSR count). The smallest absolute Gasteiger partial charge is 0.195 e. The van der Waals surface area contributed by atoms with Gasteiger partial charge in [0.1, 0.15) is 12.4 Å². The Kier molecular flexibility index (Phi) is 5.21. The molecular formula is C9H16N2O3. The Morgan fingerprint density at radius 3 is 3.07 bits per heavy atom. The minimum absolute atomic E-state index is 0.431. The highest BCUT2D eigenvalue weighted by Gasteiger charge is 2.02. The molecule has 0 saturated heterocycles. The van der Waals surface area contributed by atoms with Crippen molar-refractivity contribution in [2.75, 3.05) is 26.9 Å². The van der Waals surface area contributed by atoms with Crippen LogP contribution in [0.3, 0.4) is 0 Å². The molecule has 0 unspecified atom stereocenters. The number of hydrogen-bond acceptors (Lipinski definition) is 5. The zero-order valence-electron chi connectivity index (χ0n) is 8.36. The van der Waals surface area contributed by atoms with Crippen LogP contribution in [-0.4, -0.2) is 31.9 Å². The number of aromatic nitrogens is 1. The van der Waals surface area contributed by atoms with Crippen molar-refractivity contribution in [3.8, 4) is 0 Å². The molecule has 0 fully saturated rings. The van der Waals surface area contributed by atoms with Gasteiger partial charge in [0, 0.05) is 20.1 Å². The summed E-state index contributed by atoms with van der Waals surface area (Å²) in [5.74, 6) is 1.39. The van der Waals surface area contributed by atoms with Crippen LogP contribution in [0.25, 0.3) is 0 Å². The first kappa shape index (κ1) is 11.2. The second kappa shape index (κ2) is 6.53. The summed E-state index contributed by atoms with van der Waals surface area (Å²) >= 11 is 0. The number of nitrogens with two attached hydrogens (primary N) is 1. The van der Waals surface area contributed by atoms with E-state index in [1.165, 1.54) is 0 Å². The second-order valence-corrected chi connectivity index (χ2v) is 2.80. The topological polar surface area (TPSA) is 70.5 Å². The minimum atomic E-state index is 0.431. The average molecular weight is 200 g/mol. The highest BCUT2D eigenvalue weighted by molar-refractivity contribution is 4.92. The van der Waals surface area contributed by atoms with E-state index < -0.39 is 0 Å². The molecule has 0 bridgehead atoms. The van der Waals surface area contributed by atoms with E-state index in [9.17, 15) is 0 Å². The van der Waals surface area contributed by atoms with Crippen LogP contribution in [0.4, 0.5) is 0 Å². The van der Waals surface area contributed by atoms with Crippen LogP contribution >= 0.6 is 0 Å². The van der Waals surface area contributed by atoms with Crippen molar-refractivity contribution in [1.29, 1.82) is 0 Å². The van der Waals surface area contributed by atoms with Crippen LogP contribution in [-0.2, 0) is 22.5 Å². The van der Waals surface area contributed by atoms with E-state index in [4.69, 9.17) is 19.6 Å². The molecule has 0 aliphatic carbocycles. The predicted molar refractivity (Wildman–Crippen MR) is 50.8 cm³/mol. The van der Waals surface area contributed by atoms with Crippen molar-refractivity contribution >= 4 is 0 Å². The van der Waals surface area contributed by atoms with Crippen molar-refractivity contribution in [2.24, 2.45) is 5.73 Å². The third-order valence-corrected chi connectivity index (χ3v) is 1.64. The number of rotatable bonds is 7. The van der Waals surface area contributed by atoms with Gasteiger partial charge in [0.25, 0.3) is 0 Å². The first-order chi connectivity index (χ1) is 6.86. The lowest BCUT2D eigenvalue weighted by atomic mass is 10.4. The van der Waals surface area contributed by atoms with Gasteiger partial charge in [-0.2, -0.15) is 0 Å². The molecule has 5 nitrogen and oxygen atoms in total. The third-order valence-electron chi connectivity index (χ3n) is 1.64. The Morgan fingerprint density at radius 2 is 2.36 bits per heavy atom. The van der Waals surface area contributed by atoms with Gasteiger partial charge < -0.3 is 19.6 Å². The monoisotopic (exact) mass is 200 g/mol. The molecular weight excluding hydrogens is 184 g/mol. The van der Waals surface area contributed by atoms with E-state index >= 15 is 0 Å². The van der Waals surface area contributed by atoms with E-state index in [-0.39, 0.29) is 0 Å². The summed E-state index contributed by atoms with van der Waals surface area (Å²) in [6, 6.07) is 0. The van der Waals surface area contributed by atoms with E-state index in [0.29, 0.717) is 38.7 Å². The minimum Gasteiger partial charge on any atom is -0.443 e. The SMILES string of the molecule is COCCOCc1cnc(CCN)o1. The molecule has 1 aromatic rings. The highest BCUT2D eigenvalue weighted by atomic mass is 16.5. The Hall–Kier alpha value is -0.910. The van der Waals surface area contributed by atoms with Crippen molar-refractivity contribution in [3.63, 3.8) is 0 Å². The fourth-order valence-corrected chi connectivity index (χ4v) is 0.969. The number of methoxy groups -OCH3 is 1. The molecule has 2 N–H and O–H groups in total. The largest absolute Gasteiger partial charge is 0.443 e. The molecule has 0 spiro atoms. The summed E-state index contributed by atoms with van der Waals surface area (Å²) in [6.45, 7) is 2.12. The highest BCUT2D eigenvalue weighted by Crippen LogP contribution is 2.05. The molecule has 1 heterocycles. The van der Waals surface area contributed by atoms with Crippen LogP contribution in [0.15, 0.2) is 10.6 Å². The molecule has 0 amide bonds. The van der Waals surface area contributed by atoms with E-state index in [0.717, 1.165) is 5.76 Å². The fourth-order valence-electron chi connectivity index (χ4n) is 0.969. The summed E-state index contributed by atoms with van der Waals surface area (Å²) in [6.07, 6.45) is 2.33. The fraction of sp³-hybridized carbons (Fsp3) is 0.667. The zero-order valence-corrected chi connectivity index (χ0v) is 8.36. The summed E-state index contributed by atoms with van der Waals surface area (Å²) in [5.41, 5.74) is 5.36. The van der Waals surface area contributed by atoms with E-state index in [1.807, 2.05) is 0 Å². The Morgan fingerprint density at radius 1 is 1.50 bits per heavy atom. The molecule has 5 heteroatoms. The molecule has 14 heavy (non-hydrogen) atoms. The molecule has 80 valence electrons. The normalized spacial score (nSPS) is 10.7. The van der Waals surface area contributed by atoms with Gasteiger partial charge >= 0.3 is 0 Å². The molecule has 0 aliphatic rings. The standard InChI is InChI=1S/C9H16N2O3/c1-12-4-5-13-7-8-6-11-9(14-8)2-3-10/h6H,2-5,7,10H2,1H3. The van der Waals surface area contributed by atoms with Crippen LogP contribution in [0.5, 0.6) is 0 Å². The molecule has 0 aromatic carbocycles. The summed E-state index contributed by atoms with van der Waals surface area (Å²) < 4.78 is 15.4. The second-order valence-electron chi connectivity index (χ2n) is 2.80. The maximum atomic E-state index is 5.36. The van der Waals surface area contributed by atoms with Crippen LogP contribution in [0.2, 0.25) is 0 Å². The summed E-state index contributed by atoms with van der Waals surface area (Å²) in [5, 5.41) is 0. The number of hydrogen-bond donors (Lipinski definition) is 1. The predicted octanol–water partition coefficient (Wildman–Crippen LogP) is 0.339. The quantitative estimate of drug-likeness (QED) is 0.642. The van der Waals surface area contributed by atoms with E-state index in [1.54, 1.807) is 13.3 Å². The Labute approximate surface area is 83.2 Å². The van der Waals surface area contributed by atoms with Gasteiger partial charge in [0.05, 0.1) is 19.4 Å². The van der Waals surface area contributed by atoms with Gasteiger partial charge in [-0.3, -0.25) is 0 Å². The van der Waals surface area contributed by atoms with Crippen LogP contribution in [0.1, 0.15) is 11.7 Å². The number of oxazole rings is 1. The first-order valence-electron chi connectivity index (χ1n) is 4.57. The van der Waals surface area contributed by atoms with Gasteiger partial charge in [-0.15, -0.1) is 0 Å².